The van der Waals surface area contributed by atoms with Crippen LogP contribution in [0.25, 0.3) is 0 Å². The predicted octanol–water partition coefficient (Wildman–Crippen LogP) is 4.01. The summed E-state index contributed by atoms with van der Waals surface area (Å²) in [6.07, 6.45) is 3.66. The van der Waals surface area contributed by atoms with Crippen LogP contribution in [-0.2, 0) is 6.54 Å². The van der Waals surface area contributed by atoms with Crippen molar-refractivity contribution in [2.24, 2.45) is 0 Å². The predicted molar refractivity (Wildman–Crippen MR) is 87.7 cm³/mol. The summed E-state index contributed by atoms with van der Waals surface area (Å²) in [5, 5.41) is 8.91. The van der Waals surface area contributed by atoms with Crippen molar-refractivity contribution in [3.05, 3.63) is 69.1 Å². The van der Waals surface area contributed by atoms with E-state index in [0.717, 1.165) is 15.0 Å². The number of carbonyl (C=O) groups excluding carboxylic acids is 1. The van der Waals surface area contributed by atoms with Crippen molar-refractivity contribution in [2.75, 3.05) is 5.32 Å². The third-order valence-electron chi connectivity index (χ3n) is 2.92. The van der Waals surface area contributed by atoms with E-state index >= 15 is 0 Å². The lowest BCUT2D eigenvalue weighted by atomic mass is 10.2. The normalized spacial score (nSPS) is 10.5. The number of anilines is 1. The zero-order chi connectivity index (χ0) is 14.7. The molecule has 0 saturated heterocycles. The summed E-state index contributed by atoms with van der Waals surface area (Å²) in [6.45, 7) is 0.681. The molecule has 0 radical (unpaired) electrons. The fourth-order valence-electron chi connectivity index (χ4n) is 1.96. The Kier molecular flexibility index (Phi) is 4.17. The summed E-state index contributed by atoms with van der Waals surface area (Å²) in [7, 11) is 0. The Morgan fingerprint density at radius 2 is 2.24 bits per heavy atom. The largest absolute Gasteiger partial charge is 0.322 e. The highest BCUT2D eigenvalue weighted by Gasteiger charge is 2.08. The average Bonchev–Trinajstić information content (AvgIpc) is 3.11. The smallest absolute Gasteiger partial charge is 0.256 e. The van der Waals surface area contributed by atoms with Crippen LogP contribution in [0.5, 0.6) is 0 Å². The number of hydrogen-bond donors (Lipinski definition) is 1. The van der Waals surface area contributed by atoms with Crippen LogP contribution in [0, 0.1) is 0 Å². The van der Waals surface area contributed by atoms with Gasteiger partial charge in [0.25, 0.3) is 5.91 Å². The van der Waals surface area contributed by atoms with Crippen molar-refractivity contribution < 1.29 is 4.79 Å². The van der Waals surface area contributed by atoms with Gasteiger partial charge in [0.05, 0.1) is 15.9 Å². The van der Waals surface area contributed by atoms with E-state index in [2.05, 4.69) is 26.3 Å². The molecule has 3 aromatic rings. The van der Waals surface area contributed by atoms with Gasteiger partial charge in [-0.05, 0) is 45.8 Å². The molecule has 4 nitrogen and oxygen atoms in total. The number of carbonyl (C=O) groups is 1. The maximum atomic E-state index is 12.1. The second-order valence-corrected chi connectivity index (χ2v) is 6.79. The molecular weight excluding hydrogens is 350 g/mol. The van der Waals surface area contributed by atoms with Crippen LogP contribution in [0.2, 0.25) is 0 Å². The van der Waals surface area contributed by atoms with E-state index in [1.165, 1.54) is 11.3 Å². The van der Waals surface area contributed by atoms with Crippen molar-refractivity contribution in [3.8, 4) is 0 Å². The Morgan fingerprint density at radius 3 is 2.95 bits per heavy atom. The maximum absolute atomic E-state index is 12.1. The van der Waals surface area contributed by atoms with Crippen LogP contribution in [-0.4, -0.2) is 15.7 Å². The van der Waals surface area contributed by atoms with Crippen molar-refractivity contribution in [2.45, 2.75) is 6.54 Å². The van der Waals surface area contributed by atoms with Crippen molar-refractivity contribution >= 4 is 38.9 Å². The number of halogens is 1. The van der Waals surface area contributed by atoms with Gasteiger partial charge in [0.15, 0.2) is 0 Å². The molecule has 6 heteroatoms. The van der Waals surface area contributed by atoms with Gasteiger partial charge in [-0.1, -0.05) is 12.1 Å². The molecule has 21 heavy (non-hydrogen) atoms. The van der Waals surface area contributed by atoms with Gasteiger partial charge >= 0.3 is 0 Å². The van der Waals surface area contributed by atoms with E-state index in [1.54, 1.807) is 6.20 Å². The van der Waals surface area contributed by atoms with Crippen LogP contribution >= 0.6 is 27.3 Å². The highest BCUT2D eigenvalue weighted by atomic mass is 79.9. The molecule has 0 aliphatic heterocycles. The van der Waals surface area contributed by atoms with Crippen molar-refractivity contribution in [1.82, 2.24) is 9.78 Å². The second kappa shape index (κ2) is 6.24. The summed E-state index contributed by atoms with van der Waals surface area (Å²) in [4.78, 5) is 12.1. The second-order valence-electron chi connectivity index (χ2n) is 4.50. The summed E-state index contributed by atoms with van der Waals surface area (Å²) in [5.41, 5.74) is 2.53. The van der Waals surface area contributed by atoms with Gasteiger partial charge < -0.3 is 5.32 Å². The number of aromatic nitrogens is 2. The van der Waals surface area contributed by atoms with Gasteiger partial charge in [0.1, 0.15) is 0 Å². The topological polar surface area (TPSA) is 46.9 Å². The number of thiophene rings is 1. The molecule has 0 fully saturated rings. The maximum Gasteiger partial charge on any atom is 0.256 e. The molecule has 106 valence electrons. The summed E-state index contributed by atoms with van der Waals surface area (Å²) >= 11 is 4.85. The first-order chi connectivity index (χ1) is 10.2. The molecule has 1 amide bonds. The molecule has 1 N–H and O–H groups in total. The quantitative estimate of drug-likeness (QED) is 0.762. The standard InChI is InChI=1S/C15H12BrN3OS/c16-14-8-12(10-21-14)15(20)18-13-4-1-3-11(7-13)9-19-6-2-5-17-19/h1-8,10H,9H2,(H,18,20). The Bertz CT molecular complexity index is 752. The Labute approximate surface area is 134 Å². The molecule has 3 rings (SSSR count). The lowest BCUT2D eigenvalue weighted by Crippen LogP contribution is -2.11. The zero-order valence-electron chi connectivity index (χ0n) is 11.0. The third-order valence-corrected chi connectivity index (χ3v) is 4.42. The fourth-order valence-corrected chi connectivity index (χ4v) is 3.10. The molecule has 2 aromatic heterocycles. The van der Waals surface area contributed by atoms with Gasteiger partial charge in [0, 0.05) is 23.5 Å². The lowest BCUT2D eigenvalue weighted by molar-refractivity contribution is 0.102. The minimum Gasteiger partial charge on any atom is -0.322 e. The number of nitrogens with one attached hydrogen (secondary N) is 1. The van der Waals surface area contributed by atoms with E-state index < -0.39 is 0 Å². The van der Waals surface area contributed by atoms with Crippen LogP contribution in [0.4, 0.5) is 5.69 Å². The zero-order valence-corrected chi connectivity index (χ0v) is 13.4. The molecule has 0 saturated carbocycles. The number of amides is 1. The van der Waals surface area contributed by atoms with Crippen LogP contribution in [0.3, 0.4) is 0 Å². The van der Waals surface area contributed by atoms with E-state index in [-0.39, 0.29) is 5.91 Å². The third kappa shape index (κ3) is 3.59. The number of benzene rings is 1. The van der Waals surface area contributed by atoms with Gasteiger partial charge in [-0.2, -0.15) is 5.10 Å². The highest BCUT2D eigenvalue weighted by Crippen LogP contribution is 2.21. The molecule has 0 aliphatic carbocycles. The number of nitrogens with zero attached hydrogens (tertiary/aromatic N) is 2. The van der Waals surface area contributed by atoms with E-state index in [0.29, 0.717) is 12.1 Å². The molecule has 0 atom stereocenters. The average molecular weight is 362 g/mol. The molecule has 0 aliphatic rings. The van der Waals surface area contributed by atoms with Crippen LogP contribution in [0.15, 0.2) is 58.0 Å². The van der Waals surface area contributed by atoms with Crippen molar-refractivity contribution in [1.29, 1.82) is 0 Å². The van der Waals surface area contributed by atoms with E-state index in [9.17, 15) is 4.79 Å². The van der Waals surface area contributed by atoms with Crippen molar-refractivity contribution in [3.63, 3.8) is 0 Å². The summed E-state index contributed by atoms with van der Waals surface area (Å²) in [6, 6.07) is 11.5. The Morgan fingerprint density at radius 1 is 1.33 bits per heavy atom. The summed E-state index contributed by atoms with van der Waals surface area (Å²) < 4.78 is 2.79. The molecule has 0 unspecified atom stereocenters. The highest BCUT2D eigenvalue weighted by molar-refractivity contribution is 9.11. The van der Waals surface area contributed by atoms with Gasteiger partial charge in [-0.25, -0.2) is 0 Å². The fraction of sp³-hybridized carbons (Fsp3) is 0.0667. The van der Waals surface area contributed by atoms with Gasteiger partial charge in [-0.15, -0.1) is 11.3 Å². The summed E-state index contributed by atoms with van der Waals surface area (Å²) in [5.74, 6) is -0.104. The minimum absolute atomic E-state index is 0.104. The first-order valence-corrected chi connectivity index (χ1v) is 8.00. The van der Waals surface area contributed by atoms with Gasteiger partial charge in [0.2, 0.25) is 0 Å². The van der Waals surface area contributed by atoms with Gasteiger partial charge in [-0.3, -0.25) is 9.48 Å². The minimum atomic E-state index is -0.104. The SMILES string of the molecule is O=C(Nc1cccc(Cn2cccn2)c1)c1csc(Br)c1. The Balaban J connectivity index is 1.72. The molecular formula is C15H12BrN3OS. The molecule has 0 spiro atoms. The number of hydrogen-bond acceptors (Lipinski definition) is 3. The van der Waals surface area contributed by atoms with Crippen LogP contribution in [0.1, 0.15) is 15.9 Å². The number of rotatable bonds is 4. The lowest BCUT2D eigenvalue weighted by Gasteiger charge is -2.07. The molecule has 0 bridgehead atoms. The van der Waals surface area contributed by atoms with E-state index in [4.69, 9.17) is 0 Å². The molecule has 2 heterocycles. The first kappa shape index (κ1) is 14.0. The first-order valence-electron chi connectivity index (χ1n) is 6.32. The Hall–Kier alpha value is -1.92. The molecule has 1 aromatic carbocycles. The monoisotopic (exact) mass is 361 g/mol. The van der Waals surface area contributed by atoms with E-state index in [1.807, 2.05) is 52.7 Å². The van der Waals surface area contributed by atoms with Crippen LogP contribution < -0.4 is 5.32 Å².